The zero-order valence-corrected chi connectivity index (χ0v) is 42.9. The maximum absolute atomic E-state index is 12.2. The minimum absolute atomic E-state index is 0.160. The van der Waals surface area contributed by atoms with E-state index in [-0.39, 0.29) is 40.7 Å². The van der Waals surface area contributed by atoms with Crippen molar-refractivity contribution in [3.05, 3.63) is 272 Å². The second-order valence-electron chi connectivity index (χ2n) is 15.3. The zero-order chi connectivity index (χ0) is 51.9. The number of benzene rings is 7. The summed E-state index contributed by atoms with van der Waals surface area (Å²) in [6.07, 6.45) is 7.98. The van der Waals surface area contributed by atoms with Crippen molar-refractivity contribution in [2.45, 2.75) is 107 Å². The van der Waals surface area contributed by atoms with Crippen LogP contribution in [0.3, 0.4) is 0 Å². The highest BCUT2D eigenvalue weighted by atomic mass is 32.1. The quantitative estimate of drug-likeness (QED) is 0.133. The molecule has 70 heavy (non-hydrogen) atoms. The lowest BCUT2D eigenvalue weighted by Gasteiger charge is -1.92. The van der Waals surface area contributed by atoms with Crippen LogP contribution in [0.25, 0.3) is 0 Å². The lowest BCUT2D eigenvalue weighted by molar-refractivity contribution is 0.626. The molecule has 0 amide bonds. The summed E-state index contributed by atoms with van der Waals surface area (Å²) in [5.41, 5.74) is 9.69. The fourth-order valence-corrected chi connectivity index (χ4v) is 6.29. The molecule has 8 aromatic rings. The topological polar surface area (TPSA) is 0 Å². The molecule has 7 aromatic carbocycles. The molecule has 0 radical (unpaired) electrons. The largest absolute Gasteiger partial charge is 0.207 e. The molecule has 1 heterocycles. The van der Waals surface area contributed by atoms with Crippen LogP contribution in [0.5, 0.6) is 0 Å². The average molecular weight is 981 g/mol. The van der Waals surface area contributed by atoms with Gasteiger partial charge in [0.1, 0.15) is 40.7 Å². The maximum Gasteiger partial charge on any atom is 0.123 e. The van der Waals surface area contributed by atoms with Crippen molar-refractivity contribution >= 4 is 11.3 Å². The minimum atomic E-state index is -0.160. The Labute approximate surface area is 419 Å². The normalized spacial score (nSPS) is 9.53. The van der Waals surface area contributed by atoms with E-state index >= 15 is 0 Å². The Kier molecular flexibility index (Phi) is 34.0. The average Bonchev–Trinajstić information content (AvgIpc) is 3.94. The summed E-state index contributed by atoms with van der Waals surface area (Å²) in [5, 5.41) is 4.29. The van der Waals surface area contributed by atoms with E-state index in [4.69, 9.17) is 0 Å². The fourth-order valence-electron chi connectivity index (χ4n) is 5.53. The molecule has 0 spiro atoms. The molecule has 0 aliphatic carbocycles. The van der Waals surface area contributed by atoms with Crippen LogP contribution in [0.2, 0.25) is 0 Å². The molecule has 0 N–H and O–H groups in total. The molecule has 0 saturated heterocycles. The Morgan fingerprint density at radius 3 is 0.443 bits per heavy atom. The number of halogens is 7. The Morgan fingerprint density at radius 2 is 0.357 bits per heavy atom. The van der Waals surface area contributed by atoms with Crippen LogP contribution in [0.15, 0.2) is 187 Å². The third-order valence-corrected chi connectivity index (χ3v) is 11.0. The monoisotopic (exact) mass is 981 g/mol. The second kappa shape index (κ2) is 38.6. The van der Waals surface area contributed by atoms with E-state index in [0.717, 1.165) is 44.9 Å². The van der Waals surface area contributed by atoms with Crippen LogP contribution in [-0.4, -0.2) is 0 Å². The number of hydrogen-bond acceptors (Lipinski definition) is 1. The van der Waals surface area contributed by atoms with E-state index < -0.39 is 0 Å². The molecule has 8 rings (SSSR count). The predicted octanol–water partition coefficient (Wildman–Crippen LogP) is 19.0. The first-order chi connectivity index (χ1) is 33.7. The number of hydrogen-bond donors (Lipinski definition) is 0. The second-order valence-corrected chi connectivity index (χ2v) is 16.1. The van der Waals surface area contributed by atoms with Crippen molar-refractivity contribution in [1.82, 2.24) is 0 Å². The highest BCUT2D eigenvalue weighted by Gasteiger charge is 1.93. The van der Waals surface area contributed by atoms with E-state index in [0.29, 0.717) is 0 Å². The molecule has 0 nitrogen and oxygen atoms in total. The van der Waals surface area contributed by atoms with Gasteiger partial charge in [0, 0.05) is 0 Å². The molecule has 0 atom stereocenters. The van der Waals surface area contributed by atoms with Crippen molar-refractivity contribution < 1.29 is 30.7 Å². The standard InChI is InChI=1S/7C8H9F.C6H8S/c7*1-2-7-3-5-8(9)6-4-7;1-2-6-3-4-7-5-6/h7*3-6H,2H2,1H3;3-5H,2H2,1H3. The number of thiophene rings is 1. The third kappa shape index (κ3) is 30.3. The van der Waals surface area contributed by atoms with Gasteiger partial charge in [-0.2, -0.15) is 11.3 Å². The summed E-state index contributed by atoms with van der Waals surface area (Å²) in [5.74, 6) is -1.12. The Balaban J connectivity index is 0.000000400. The van der Waals surface area contributed by atoms with Crippen LogP contribution >= 0.6 is 11.3 Å². The highest BCUT2D eigenvalue weighted by molar-refractivity contribution is 7.07. The van der Waals surface area contributed by atoms with Crippen LogP contribution in [-0.2, 0) is 51.4 Å². The summed E-state index contributed by atoms with van der Waals surface area (Å²) in [6, 6.07) is 48.2. The summed E-state index contributed by atoms with van der Waals surface area (Å²) >= 11 is 1.76. The van der Waals surface area contributed by atoms with Crippen LogP contribution in [0.1, 0.15) is 99.9 Å². The fraction of sp³-hybridized carbons (Fsp3) is 0.258. The first kappa shape index (κ1) is 61.8. The van der Waals surface area contributed by atoms with Gasteiger partial charge in [0.25, 0.3) is 0 Å². The van der Waals surface area contributed by atoms with E-state index in [1.54, 1.807) is 96.3 Å². The maximum atomic E-state index is 12.2. The summed E-state index contributed by atoms with van der Waals surface area (Å²) in [4.78, 5) is 0. The minimum Gasteiger partial charge on any atom is -0.207 e. The SMILES string of the molecule is CCc1ccc(F)cc1.CCc1ccc(F)cc1.CCc1ccc(F)cc1.CCc1ccc(F)cc1.CCc1ccc(F)cc1.CCc1ccc(F)cc1.CCc1ccc(F)cc1.CCc1ccsc1. The molecule has 0 saturated carbocycles. The Hall–Kier alpha value is -6.25. The lowest BCUT2D eigenvalue weighted by atomic mass is 10.2. The Morgan fingerprint density at radius 1 is 0.214 bits per heavy atom. The van der Waals surface area contributed by atoms with Gasteiger partial charge < -0.3 is 0 Å². The van der Waals surface area contributed by atoms with E-state index in [9.17, 15) is 30.7 Å². The first-order valence-electron chi connectivity index (χ1n) is 23.9. The molecule has 0 fully saturated rings. The zero-order valence-electron chi connectivity index (χ0n) is 42.1. The van der Waals surface area contributed by atoms with Crippen LogP contribution in [0, 0.1) is 40.7 Å². The van der Waals surface area contributed by atoms with E-state index in [2.05, 4.69) is 23.8 Å². The van der Waals surface area contributed by atoms with Gasteiger partial charge in [-0.1, -0.05) is 140 Å². The molecule has 0 unspecified atom stereocenters. The molecule has 374 valence electrons. The van der Waals surface area contributed by atoms with E-state index in [1.807, 2.05) is 48.5 Å². The summed E-state index contributed by atoms with van der Waals surface area (Å²) in [6.45, 7) is 16.5. The van der Waals surface area contributed by atoms with Gasteiger partial charge >= 0.3 is 0 Å². The van der Waals surface area contributed by atoms with Crippen molar-refractivity contribution in [3.8, 4) is 0 Å². The van der Waals surface area contributed by atoms with Gasteiger partial charge in [-0.25, -0.2) is 30.7 Å². The van der Waals surface area contributed by atoms with Crippen LogP contribution < -0.4 is 0 Å². The molecule has 0 bridgehead atoms. The van der Waals surface area contributed by atoms with Gasteiger partial charge in [-0.15, -0.1) is 0 Å². The first-order valence-corrected chi connectivity index (χ1v) is 24.9. The molecule has 0 aliphatic heterocycles. The van der Waals surface area contributed by atoms with Crippen molar-refractivity contribution in [3.63, 3.8) is 0 Å². The van der Waals surface area contributed by atoms with Gasteiger partial charge in [0.05, 0.1) is 0 Å². The van der Waals surface area contributed by atoms with Gasteiger partial charge in [-0.05, 0) is 198 Å². The molecule has 8 heteroatoms. The predicted molar refractivity (Wildman–Crippen MR) is 284 cm³/mol. The van der Waals surface area contributed by atoms with Crippen molar-refractivity contribution in [2.75, 3.05) is 0 Å². The summed E-state index contributed by atoms with van der Waals surface area (Å²) < 4.78 is 85.6. The summed E-state index contributed by atoms with van der Waals surface area (Å²) in [7, 11) is 0. The highest BCUT2D eigenvalue weighted by Crippen LogP contribution is 2.08. The van der Waals surface area contributed by atoms with Gasteiger partial charge in [0.15, 0.2) is 0 Å². The number of aryl methyl sites for hydroxylation is 8. The van der Waals surface area contributed by atoms with E-state index in [1.165, 1.54) is 136 Å². The Bertz CT molecular complexity index is 1970. The smallest absolute Gasteiger partial charge is 0.123 e. The van der Waals surface area contributed by atoms with Crippen LogP contribution in [0.4, 0.5) is 30.7 Å². The number of rotatable bonds is 8. The van der Waals surface area contributed by atoms with Crippen molar-refractivity contribution in [2.24, 2.45) is 0 Å². The third-order valence-electron chi connectivity index (χ3n) is 10.2. The van der Waals surface area contributed by atoms with Gasteiger partial charge in [0.2, 0.25) is 0 Å². The van der Waals surface area contributed by atoms with Gasteiger partial charge in [-0.3, -0.25) is 0 Å². The van der Waals surface area contributed by atoms with Crippen molar-refractivity contribution in [1.29, 1.82) is 0 Å². The lowest BCUT2D eigenvalue weighted by Crippen LogP contribution is -1.78. The molecule has 1 aromatic heterocycles. The molecular weight excluding hydrogens is 910 g/mol. The molecular formula is C62H71F7S. The molecule has 0 aliphatic rings.